The Bertz CT molecular complexity index is 5040. The SMILES string of the molecule is Cc1cc(-c2ccc(N(c3ccc4c5ccccc5c5ccccc5c4c3)c3c(C)cccc3-c3ccc(-c4ccccc4)cc3)c(C)c2)ccc1N(c1ccc2c3ccccc3c3ccccc3c2c1)c1c(C)cccc1-c1ccc(-c2ccccc2)cc1. The predicted octanol–water partition coefficient (Wildman–Crippen LogP) is 25.1. The summed E-state index contributed by atoms with van der Waals surface area (Å²) in [7, 11) is 0. The molecule has 0 bridgehead atoms. The molecule has 0 fully saturated rings. The number of hydrogen-bond acceptors (Lipinski definition) is 2. The van der Waals surface area contributed by atoms with Crippen LogP contribution in [0.15, 0.2) is 315 Å². The van der Waals surface area contributed by atoms with Gasteiger partial charge in [-0.05, 0) is 208 Å². The fraction of sp³-hybridized carbons (Fsp3) is 0.0455. The van der Waals surface area contributed by atoms with Crippen molar-refractivity contribution in [3.8, 4) is 55.6 Å². The zero-order valence-electron chi connectivity index (χ0n) is 50.9. The van der Waals surface area contributed by atoms with E-state index in [-0.39, 0.29) is 0 Å². The van der Waals surface area contributed by atoms with Crippen LogP contribution >= 0.6 is 0 Å². The summed E-state index contributed by atoms with van der Waals surface area (Å²) >= 11 is 0. The minimum Gasteiger partial charge on any atom is -0.309 e. The third kappa shape index (κ3) is 9.35. The number of anilines is 6. The summed E-state index contributed by atoms with van der Waals surface area (Å²) in [6.07, 6.45) is 0. The van der Waals surface area contributed by atoms with E-state index in [9.17, 15) is 0 Å². The van der Waals surface area contributed by atoms with Gasteiger partial charge >= 0.3 is 0 Å². The van der Waals surface area contributed by atoms with Crippen molar-refractivity contribution in [1.29, 1.82) is 0 Å². The predicted molar refractivity (Wildman–Crippen MR) is 387 cm³/mol. The molecular weight excluding hydrogens is 1080 g/mol. The maximum Gasteiger partial charge on any atom is 0.0569 e. The average molecular weight is 1150 g/mol. The molecule has 0 aliphatic carbocycles. The first-order valence-electron chi connectivity index (χ1n) is 31.3. The van der Waals surface area contributed by atoms with E-state index in [1.165, 1.54) is 131 Å². The van der Waals surface area contributed by atoms with Crippen LogP contribution in [0.1, 0.15) is 22.3 Å². The Morgan fingerprint density at radius 3 is 0.789 bits per heavy atom. The Morgan fingerprint density at radius 1 is 0.178 bits per heavy atom. The summed E-state index contributed by atoms with van der Waals surface area (Å²) in [6, 6.07) is 117. The summed E-state index contributed by atoms with van der Waals surface area (Å²) in [6.45, 7) is 9.08. The van der Waals surface area contributed by atoms with E-state index < -0.39 is 0 Å². The molecule has 0 saturated carbocycles. The van der Waals surface area contributed by atoms with E-state index in [4.69, 9.17) is 0 Å². The standard InChI is InChI=1S/C88H64N2/c1-57-21-19-35-71(65-41-37-63(38-42-65)61-23-7-5-8-24-61)87(57)89(69-47-49-81-77-31-13-11-27-73(77)75-29-15-17-33-79(75)83(81)55-69)85-51-45-67(53-59(85)3)68-46-52-86(60(4)54-68)90(70-48-50-82-78-32-14-12-28-74(78)76-30-16-18-34-80(76)84(82)56-70)88-58(2)22-20-36-72(88)66-43-39-64(40-44-66)62-25-9-6-10-26-62/h5-56H,1-4H3. The molecule has 2 nitrogen and oxygen atoms in total. The lowest BCUT2D eigenvalue weighted by atomic mass is 9.92. The van der Waals surface area contributed by atoms with Crippen molar-refractivity contribution in [2.45, 2.75) is 27.7 Å². The molecule has 0 unspecified atom stereocenters. The van der Waals surface area contributed by atoms with Gasteiger partial charge in [0.05, 0.1) is 11.4 Å². The number of aryl methyl sites for hydroxylation is 4. The molecule has 0 aliphatic heterocycles. The van der Waals surface area contributed by atoms with Crippen LogP contribution in [0.3, 0.4) is 0 Å². The molecule has 16 rings (SSSR count). The lowest BCUT2D eigenvalue weighted by molar-refractivity contribution is 1.22. The van der Waals surface area contributed by atoms with Gasteiger partial charge in [-0.15, -0.1) is 0 Å². The normalized spacial score (nSPS) is 11.6. The van der Waals surface area contributed by atoms with Gasteiger partial charge in [0.15, 0.2) is 0 Å². The number of benzene rings is 16. The summed E-state index contributed by atoms with van der Waals surface area (Å²) < 4.78 is 0. The fourth-order valence-electron chi connectivity index (χ4n) is 14.3. The number of para-hydroxylation sites is 2. The molecule has 0 heterocycles. The monoisotopic (exact) mass is 1150 g/mol. The Hall–Kier alpha value is -11.3. The molecule has 0 aromatic heterocycles. The smallest absolute Gasteiger partial charge is 0.0569 e. The molecule has 0 radical (unpaired) electrons. The van der Waals surface area contributed by atoms with Gasteiger partial charge in [-0.25, -0.2) is 0 Å². The minimum absolute atomic E-state index is 1.10. The topological polar surface area (TPSA) is 6.48 Å². The van der Waals surface area contributed by atoms with E-state index in [2.05, 4.69) is 353 Å². The van der Waals surface area contributed by atoms with Gasteiger partial charge in [-0.2, -0.15) is 0 Å². The van der Waals surface area contributed by atoms with Crippen molar-refractivity contribution in [1.82, 2.24) is 0 Å². The van der Waals surface area contributed by atoms with Crippen molar-refractivity contribution in [2.75, 3.05) is 9.80 Å². The average Bonchev–Trinajstić information content (AvgIpc) is 0.767. The van der Waals surface area contributed by atoms with Crippen LogP contribution in [0.4, 0.5) is 34.1 Å². The molecule has 0 spiro atoms. The Labute approximate surface area is 526 Å². The molecule has 2 heteroatoms. The van der Waals surface area contributed by atoms with Gasteiger partial charge in [0.2, 0.25) is 0 Å². The van der Waals surface area contributed by atoms with E-state index in [1.807, 2.05) is 0 Å². The molecule has 0 amide bonds. The second-order valence-corrected chi connectivity index (χ2v) is 24.1. The molecule has 0 atom stereocenters. The quantitative estimate of drug-likeness (QED) is 0.119. The van der Waals surface area contributed by atoms with Gasteiger partial charge in [0, 0.05) is 33.9 Å². The number of rotatable bonds is 11. The molecule has 0 N–H and O–H groups in total. The van der Waals surface area contributed by atoms with Gasteiger partial charge < -0.3 is 9.80 Å². The van der Waals surface area contributed by atoms with Gasteiger partial charge in [-0.1, -0.05) is 267 Å². The molecule has 90 heavy (non-hydrogen) atoms. The molecular formula is C88H64N2. The first-order chi connectivity index (χ1) is 44.3. The van der Waals surface area contributed by atoms with Gasteiger partial charge in [-0.3, -0.25) is 0 Å². The molecule has 0 aliphatic rings. The van der Waals surface area contributed by atoms with Crippen molar-refractivity contribution >= 4 is 98.8 Å². The zero-order valence-corrected chi connectivity index (χ0v) is 50.9. The fourth-order valence-corrected chi connectivity index (χ4v) is 14.3. The Balaban J connectivity index is 0.847. The van der Waals surface area contributed by atoms with Crippen molar-refractivity contribution in [3.63, 3.8) is 0 Å². The molecule has 16 aromatic rings. The number of hydrogen-bond donors (Lipinski definition) is 0. The molecule has 0 saturated heterocycles. The maximum absolute atomic E-state index is 2.52. The highest BCUT2D eigenvalue weighted by Gasteiger charge is 2.26. The third-order valence-corrected chi connectivity index (χ3v) is 18.7. The molecule has 426 valence electrons. The van der Waals surface area contributed by atoms with Crippen LogP contribution in [-0.2, 0) is 0 Å². The minimum atomic E-state index is 1.10. The summed E-state index contributed by atoms with van der Waals surface area (Å²) in [4.78, 5) is 5.05. The largest absolute Gasteiger partial charge is 0.309 e. The molecule has 16 aromatic carbocycles. The Morgan fingerprint density at radius 2 is 0.456 bits per heavy atom. The van der Waals surface area contributed by atoms with Crippen molar-refractivity contribution in [2.24, 2.45) is 0 Å². The zero-order chi connectivity index (χ0) is 60.4. The second-order valence-electron chi connectivity index (χ2n) is 24.1. The van der Waals surface area contributed by atoms with E-state index in [0.717, 1.165) is 45.3 Å². The summed E-state index contributed by atoms with van der Waals surface area (Å²) in [5, 5.41) is 15.0. The number of nitrogens with zero attached hydrogens (tertiary/aromatic N) is 2. The Kier molecular flexibility index (Phi) is 13.5. The van der Waals surface area contributed by atoms with Crippen LogP contribution in [0.2, 0.25) is 0 Å². The van der Waals surface area contributed by atoms with Crippen LogP contribution < -0.4 is 9.80 Å². The van der Waals surface area contributed by atoms with Crippen LogP contribution in [0, 0.1) is 27.7 Å². The lowest BCUT2D eigenvalue weighted by Gasteiger charge is -2.32. The first kappa shape index (κ1) is 54.1. The van der Waals surface area contributed by atoms with E-state index in [1.54, 1.807) is 0 Å². The van der Waals surface area contributed by atoms with Crippen molar-refractivity contribution < 1.29 is 0 Å². The number of fused-ring (bicyclic) bond motifs is 12. The highest BCUT2D eigenvalue weighted by Crippen LogP contribution is 2.50. The summed E-state index contributed by atoms with van der Waals surface area (Å²) in [5.41, 5.74) is 23.3. The van der Waals surface area contributed by atoms with Gasteiger partial charge in [0.1, 0.15) is 0 Å². The van der Waals surface area contributed by atoms with E-state index in [0.29, 0.717) is 0 Å². The maximum atomic E-state index is 2.52. The van der Waals surface area contributed by atoms with Gasteiger partial charge in [0.25, 0.3) is 0 Å². The van der Waals surface area contributed by atoms with Crippen LogP contribution in [-0.4, -0.2) is 0 Å². The van der Waals surface area contributed by atoms with Crippen LogP contribution in [0.25, 0.3) is 120 Å². The highest BCUT2D eigenvalue weighted by molar-refractivity contribution is 6.27. The second kappa shape index (κ2) is 22.4. The summed E-state index contributed by atoms with van der Waals surface area (Å²) in [5.74, 6) is 0. The van der Waals surface area contributed by atoms with Crippen LogP contribution in [0.5, 0.6) is 0 Å². The lowest BCUT2D eigenvalue weighted by Crippen LogP contribution is -2.14. The third-order valence-electron chi connectivity index (χ3n) is 18.7. The van der Waals surface area contributed by atoms with Crippen molar-refractivity contribution in [3.05, 3.63) is 338 Å². The highest BCUT2D eigenvalue weighted by atomic mass is 15.2. The first-order valence-corrected chi connectivity index (χ1v) is 31.3. The van der Waals surface area contributed by atoms with E-state index >= 15 is 0 Å².